The van der Waals surface area contributed by atoms with Crippen LogP contribution in [0, 0.1) is 28.6 Å². The van der Waals surface area contributed by atoms with Crippen molar-refractivity contribution in [1.82, 2.24) is 0 Å². The van der Waals surface area contributed by atoms with E-state index in [9.17, 15) is 24.9 Å². The van der Waals surface area contributed by atoms with Crippen molar-refractivity contribution in [3.63, 3.8) is 0 Å². The predicted octanol–water partition coefficient (Wildman–Crippen LogP) is 2.12. The Hall–Kier alpha value is -1.11. The van der Waals surface area contributed by atoms with Gasteiger partial charge in [-0.3, -0.25) is 9.59 Å². The summed E-state index contributed by atoms with van der Waals surface area (Å²) < 4.78 is 17.0. The van der Waals surface area contributed by atoms with Crippen LogP contribution >= 0.6 is 0 Å². The second kappa shape index (κ2) is 5.96. The highest BCUT2D eigenvalue weighted by molar-refractivity contribution is 5.93. The van der Waals surface area contributed by atoms with Gasteiger partial charge in [0.2, 0.25) is 0 Å². The zero-order valence-corrected chi connectivity index (χ0v) is 16.9. The van der Waals surface area contributed by atoms with E-state index < -0.39 is 46.5 Å². The third kappa shape index (κ3) is 2.12. The first-order chi connectivity index (χ1) is 13.0. The van der Waals surface area contributed by atoms with E-state index in [4.69, 9.17) is 0 Å². The van der Waals surface area contributed by atoms with Gasteiger partial charge in [-0.05, 0) is 50.5 Å². The molecule has 0 saturated heterocycles. The van der Waals surface area contributed by atoms with Gasteiger partial charge in [0.1, 0.15) is 17.9 Å². The lowest BCUT2D eigenvalue weighted by atomic mass is 9.43. The van der Waals surface area contributed by atoms with Crippen molar-refractivity contribution in [1.29, 1.82) is 0 Å². The summed E-state index contributed by atoms with van der Waals surface area (Å²) in [5.41, 5.74) is -4.74. The molecule has 3 saturated carbocycles. The molecule has 0 heterocycles. The first-order valence-corrected chi connectivity index (χ1v) is 10.4. The molecule has 5 nitrogen and oxygen atoms in total. The van der Waals surface area contributed by atoms with E-state index in [1.54, 1.807) is 19.9 Å². The van der Waals surface area contributed by atoms with Crippen LogP contribution in [0.5, 0.6) is 0 Å². The average molecular weight is 394 g/mol. The number of hydrogen-bond donors (Lipinski definition) is 3. The first kappa shape index (κ1) is 20.2. The molecular weight excluding hydrogens is 363 g/mol. The lowest BCUT2D eigenvalue weighted by Gasteiger charge is -2.63. The van der Waals surface area contributed by atoms with Gasteiger partial charge in [0.15, 0.2) is 11.6 Å². The maximum Gasteiger partial charge on any atom is 0.190 e. The molecule has 4 rings (SSSR count). The van der Waals surface area contributed by atoms with Gasteiger partial charge in [-0.15, -0.1) is 0 Å². The number of hydrogen-bond acceptors (Lipinski definition) is 5. The molecule has 6 heteroatoms. The van der Waals surface area contributed by atoms with Gasteiger partial charge in [-0.2, -0.15) is 0 Å². The second-order valence-electron chi connectivity index (χ2n) is 10.1. The number of alkyl halides is 1. The fraction of sp³-hybridized carbons (Fsp3) is 0.818. The number of Topliss-reactive ketones (excluding diaryl/α,β-unsaturated/α-hetero) is 1. The van der Waals surface area contributed by atoms with Crippen molar-refractivity contribution < 1.29 is 29.3 Å². The molecular formula is C22H31FO5. The summed E-state index contributed by atoms with van der Waals surface area (Å²) in [7, 11) is 0. The molecule has 156 valence electrons. The lowest BCUT2D eigenvalue weighted by molar-refractivity contribution is -0.228. The molecule has 0 amide bonds. The van der Waals surface area contributed by atoms with Crippen molar-refractivity contribution in [3.05, 3.63) is 11.6 Å². The quantitative estimate of drug-likeness (QED) is 0.667. The van der Waals surface area contributed by atoms with Gasteiger partial charge < -0.3 is 15.3 Å². The summed E-state index contributed by atoms with van der Waals surface area (Å²) in [5.74, 6) is -1.67. The molecule has 28 heavy (non-hydrogen) atoms. The third-order valence-corrected chi connectivity index (χ3v) is 9.11. The number of rotatable bonds is 2. The number of fused-ring (bicyclic) bond motifs is 5. The molecule has 0 aliphatic heterocycles. The van der Waals surface area contributed by atoms with Crippen LogP contribution in [0.3, 0.4) is 0 Å². The van der Waals surface area contributed by atoms with Crippen molar-refractivity contribution in [3.8, 4) is 0 Å². The molecule has 0 bridgehead atoms. The molecule has 3 N–H and O–H groups in total. The summed E-state index contributed by atoms with van der Waals surface area (Å²) in [4.78, 5) is 24.6. The largest absolute Gasteiger partial charge is 0.390 e. The minimum absolute atomic E-state index is 0.0217. The number of carbonyl (C=O) groups is 2. The van der Waals surface area contributed by atoms with Gasteiger partial charge in [0, 0.05) is 22.7 Å². The molecule has 0 unspecified atom stereocenters. The SMILES string of the molecule is C[C@@H]1C[C@]2(C)C(=CC1=O)CC[C@@H]1[C@@H]3CC[C@](O)(C(=O)CO)[C@]3(C)C[C@H](O)[C@@]12F. The molecule has 0 aromatic heterocycles. The van der Waals surface area contributed by atoms with E-state index in [0.29, 0.717) is 25.7 Å². The van der Waals surface area contributed by atoms with Gasteiger partial charge in [0.25, 0.3) is 0 Å². The third-order valence-electron chi connectivity index (χ3n) is 9.11. The Kier molecular flexibility index (Phi) is 4.29. The smallest absolute Gasteiger partial charge is 0.190 e. The van der Waals surface area contributed by atoms with E-state index in [-0.39, 0.29) is 30.5 Å². The zero-order chi connectivity index (χ0) is 20.7. The number of ketones is 2. The molecule has 4 aliphatic carbocycles. The highest BCUT2D eigenvalue weighted by Gasteiger charge is 2.74. The lowest BCUT2D eigenvalue weighted by Crippen LogP contribution is -2.69. The summed E-state index contributed by atoms with van der Waals surface area (Å²) in [5, 5.41) is 31.7. The standard InChI is InChI=1S/C22H31FO5/c1-12-9-19(2)13(8-16(12)25)4-5-15-14-6-7-21(28,18(27)11-24)20(14,3)10-17(26)22(15,19)23/h8,12,14-15,17,24,26,28H,4-7,9-11H2,1-3H3/t12-,14+,15-,17+,19-,20-,21+,22+/m1/s1. The van der Waals surface area contributed by atoms with Gasteiger partial charge in [-0.25, -0.2) is 4.39 Å². The van der Waals surface area contributed by atoms with Gasteiger partial charge >= 0.3 is 0 Å². The van der Waals surface area contributed by atoms with Crippen LogP contribution in [0.2, 0.25) is 0 Å². The van der Waals surface area contributed by atoms with Crippen molar-refractivity contribution >= 4 is 11.6 Å². The molecule has 0 aromatic carbocycles. The van der Waals surface area contributed by atoms with E-state index in [1.165, 1.54) is 0 Å². The van der Waals surface area contributed by atoms with Crippen molar-refractivity contribution in [2.24, 2.45) is 28.6 Å². The molecule has 0 radical (unpaired) electrons. The summed E-state index contributed by atoms with van der Waals surface area (Å²) in [6, 6.07) is 0. The summed E-state index contributed by atoms with van der Waals surface area (Å²) >= 11 is 0. The number of aliphatic hydroxyl groups is 3. The highest BCUT2D eigenvalue weighted by Crippen LogP contribution is 2.70. The Labute approximate surface area is 165 Å². The van der Waals surface area contributed by atoms with Crippen molar-refractivity contribution in [2.45, 2.75) is 76.7 Å². The maximum atomic E-state index is 17.0. The van der Waals surface area contributed by atoms with Crippen LogP contribution in [-0.4, -0.2) is 50.9 Å². The summed E-state index contributed by atoms with van der Waals surface area (Å²) in [6.45, 7) is 4.65. The summed E-state index contributed by atoms with van der Waals surface area (Å²) in [6.07, 6.45) is 2.34. The van der Waals surface area contributed by atoms with Crippen LogP contribution in [0.25, 0.3) is 0 Å². The topological polar surface area (TPSA) is 94.8 Å². The number of carbonyl (C=O) groups excluding carboxylic acids is 2. The van der Waals surface area contributed by atoms with E-state index in [0.717, 1.165) is 5.57 Å². The van der Waals surface area contributed by atoms with Crippen LogP contribution in [0.1, 0.15) is 59.3 Å². The Morgan fingerprint density at radius 1 is 1.25 bits per heavy atom. The zero-order valence-electron chi connectivity index (χ0n) is 16.9. The fourth-order valence-corrected chi connectivity index (χ4v) is 7.49. The van der Waals surface area contributed by atoms with Gasteiger partial charge in [-0.1, -0.05) is 26.3 Å². The highest BCUT2D eigenvalue weighted by atomic mass is 19.1. The van der Waals surface area contributed by atoms with E-state index >= 15 is 4.39 Å². The van der Waals surface area contributed by atoms with Crippen LogP contribution in [0.4, 0.5) is 4.39 Å². The molecule has 0 aromatic rings. The second-order valence-corrected chi connectivity index (χ2v) is 10.1. The molecule has 0 spiro atoms. The van der Waals surface area contributed by atoms with Crippen LogP contribution in [0.15, 0.2) is 11.6 Å². The normalized spacial score (nSPS) is 53.1. The minimum atomic E-state index is -1.90. The minimum Gasteiger partial charge on any atom is -0.390 e. The fourth-order valence-electron chi connectivity index (χ4n) is 7.49. The maximum absolute atomic E-state index is 17.0. The number of aliphatic hydroxyl groups excluding tert-OH is 2. The van der Waals surface area contributed by atoms with E-state index in [2.05, 4.69) is 0 Å². The average Bonchev–Trinajstić information content (AvgIpc) is 2.89. The Bertz CT molecular complexity index is 764. The van der Waals surface area contributed by atoms with Crippen LogP contribution in [-0.2, 0) is 9.59 Å². The number of halogens is 1. The van der Waals surface area contributed by atoms with E-state index in [1.807, 2.05) is 6.92 Å². The van der Waals surface area contributed by atoms with Crippen LogP contribution < -0.4 is 0 Å². The Morgan fingerprint density at radius 3 is 2.57 bits per heavy atom. The first-order valence-electron chi connectivity index (χ1n) is 10.4. The van der Waals surface area contributed by atoms with Crippen molar-refractivity contribution in [2.75, 3.05) is 6.61 Å². The Balaban J connectivity index is 1.80. The molecule has 3 fully saturated rings. The monoisotopic (exact) mass is 394 g/mol. The molecule has 4 aliphatic rings. The molecule has 8 atom stereocenters. The van der Waals surface area contributed by atoms with Gasteiger partial charge in [0.05, 0.1) is 6.10 Å². The Morgan fingerprint density at radius 2 is 1.93 bits per heavy atom. The number of allylic oxidation sites excluding steroid dienone is 1. The predicted molar refractivity (Wildman–Crippen MR) is 100 cm³/mol.